The van der Waals surface area contributed by atoms with Gasteiger partial charge in [0.25, 0.3) is 0 Å². The quantitative estimate of drug-likeness (QED) is 0.334. The van der Waals surface area contributed by atoms with Gasteiger partial charge in [0, 0.05) is 31.9 Å². The first kappa shape index (κ1) is 25.2. The Hall–Kier alpha value is -3.44. The molecule has 0 radical (unpaired) electrons. The SMILES string of the molecule is Cn1cnnc1[C@@H](c1cccc(-n2cc3c(C(F)(F)F)cc(CNCCCN)cn3c2=O)c1)C1CCC1. The number of rotatable bonds is 9. The number of aryl methyl sites for hydroxylation is 1. The van der Waals surface area contributed by atoms with Crippen LogP contribution < -0.4 is 16.7 Å². The maximum Gasteiger partial charge on any atom is 0.418 e. The number of pyridine rings is 1. The minimum absolute atomic E-state index is 0.00846. The zero-order chi connectivity index (χ0) is 26.2. The molecule has 1 atom stereocenters. The number of hydrogen-bond acceptors (Lipinski definition) is 5. The fraction of sp³-hybridized carbons (Fsp3) is 0.423. The van der Waals surface area contributed by atoms with Crippen molar-refractivity contribution in [3.8, 4) is 5.69 Å². The van der Waals surface area contributed by atoms with E-state index in [1.807, 2.05) is 29.8 Å². The van der Waals surface area contributed by atoms with Gasteiger partial charge in [0.05, 0.1) is 16.8 Å². The van der Waals surface area contributed by atoms with Crippen LogP contribution in [0.1, 0.15) is 54.1 Å². The average Bonchev–Trinajstić information content (AvgIpc) is 3.41. The summed E-state index contributed by atoms with van der Waals surface area (Å²) in [6.45, 7) is 1.26. The van der Waals surface area contributed by atoms with Crippen LogP contribution in [0, 0.1) is 5.92 Å². The van der Waals surface area contributed by atoms with Crippen LogP contribution in [0.15, 0.2) is 53.8 Å². The number of nitrogens with two attached hydrogens (primary N) is 1. The Kier molecular flexibility index (Phi) is 6.91. The van der Waals surface area contributed by atoms with E-state index in [9.17, 15) is 18.0 Å². The van der Waals surface area contributed by atoms with Crippen molar-refractivity contribution in [2.24, 2.45) is 18.7 Å². The van der Waals surface area contributed by atoms with Gasteiger partial charge >= 0.3 is 11.9 Å². The standard InChI is InChI=1S/C26H30F3N7O/c1-34-16-32-33-24(34)23(18-5-2-6-18)19-7-3-8-20(12-19)35-15-22-21(26(27,28)29)11-17(13-31-10-4-9-30)14-36(22)25(35)37/h3,7-8,11-12,14-16,18,23,31H,2,4-6,9-10,13,30H2,1H3/t23-/m1/s1. The second kappa shape index (κ2) is 10.1. The molecule has 0 unspecified atom stereocenters. The number of imidazole rings is 1. The molecule has 4 aromatic rings. The Morgan fingerprint density at radius 2 is 2.03 bits per heavy atom. The van der Waals surface area contributed by atoms with Gasteiger partial charge in [-0.25, -0.2) is 4.79 Å². The van der Waals surface area contributed by atoms with Crippen LogP contribution >= 0.6 is 0 Å². The molecule has 1 aromatic carbocycles. The van der Waals surface area contributed by atoms with E-state index in [0.29, 0.717) is 36.7 Å². The summed E-state index contributed by atoms with van der Waals surface area (Å²) in [6.07, 6.45) is 3.78. The Balaban J connectivity index is 1.58. The van der Waals surface area contributed by atoms with Gasteiger partial charge in [0.2, 0.25) is 0 Å². The number of benzene rings is 1. The van der Waals surface area contributed by atoms with Crippen LogP contribution in [0.5, 0.6) is 0 Å². The highest BCUT2D eigenvalue weighted by molar-refractivity contribution is 5.58. The van der Waals surface area contributed by atoms with Crippen LogP contribution in [0.25, 0.3) is 11.2 Å². The van der Waals surface area contributed by atoms with Crippen LogP contribution in [0.3, 0.4) is 0 Å². The lowest BCUT2D eigenvalue weighted by atomic mass is 9.72. The molecule has 5 rings (SSSR count). The summed E-state index contributed by atoms with van der Waals surface area (Å²) in [5.41, 5.74) is 5.75. The molecule has 3 aromatic heterocycles. The van der Waals surface area contributed by atoms with E-state index in [-0.39, 0.29) is 18.0 Å². The van der Waals surface area contributed by atoms with Crippen LogP contribution in [0.2, 0.25) is 0 Å². The number of nitrogens with one attached hydrogen (secondary N) is 1. The zero-order valence-corrected chi connectivity index (χ0v) is 20.6. The summed E-state index contributed by atoms with van der Waals surface area (Å²) in [5, 5.41) is 11.5. The largest absolute Gasteiger partial charge is 0.418 e. The Morgan fingerprint density at radius 1 is 1.22 bits per heavy atom. The molecule has 1 saturated carbocycles. The van der Waals surface area contributed by atoms with Crippen LogP contribution in [0.4, 0.5) is 13.2 Å². The van der Waals surface area contributed by atoms with Crippen molar-refractivity contribution in [2.75, 3.05) is 13.1 Å². The maximum atomic E-state index is 14.0. The number of fused-ring (bicyclic) bond motifs is 1. The van der Waals surface area contributed by atoms with Gasteiger partial charge in [-0.2, -0.15) is 13.2 Å². The van der Waals surface area contributed by atoms with Gasteiger partial charge in [-0.3, -0.25) is 8.97 Å². The minimum Gasteiger partial charge on any atom is -0.330 e. The summed E-state index contributed by atoms with van der Waals surface area (Å²) in [4.78, 5) is 13.4. The van der Waals surface area contributed by atoms with Crippen molar-refractivity contribution in [3.63, 3.8) is 0 Å². The second-order valence-electron chi connectivity index (χ2n) is 9.68. The van der Waals surface area contributed by atoms with Crippen molar-refractivity contribution < 1.29 is 13.2 Å². The monoisotopic (exact) mass is 513 g/mol. The average molecular weight is 514 g/mol. The zero-order valence-electron chi connectivity index (χ0n) is 20.6. The molecule has 0 aliphatic heterocycles. The van der Waals surface area contributed by atoms with E-state index >= 15 is 0 Å². The van der Waals surface area contributed by atoms with Crippen molar-refractivity contribution in [2.45, 2.75) is 44.3 Å². The molecule has 11 heteroatoms. The lowest BCUT2D eigenvalue weighted by Gasteiger charge is -2.33. The molecular weight excluding hydrogens is 483 g/mol. The molecule has 1 aliphatic rings. The maximum absolute atomic E-state index is 14.0. The van der Waals surface area contributed by atoms with E-state index in [1.54, 1.807) is 12.4 Å². The van der Waals surface area contributed by atoms with Crippen molar-refractivity contribution in [1.29, 1.82) is 0 Å². The van der Waals surface area contributed by atoms with Gasteiger partial charge < -0.3 is 15.6 Å². The first-order chi connectivity index (χ1) is 17.8. The third-order valence-corrected chi connectivity index (χ3v) is 7.17. The van der Waals surface area contributed by atoms with Gasteiger partial charge in [0.1, 0.15) is 12.2 Å². The topological polar surface area (TPSA) is 95.2 Å². The molecule has 37 heavy (non-hydrogen) atoms. The summed E-state index contributed by atoms with van der Waals surface area (Å²) >= 11 is 0. The van der Waals surface area contributed by atoms with Crippen molar-refractivity contribution in [3.05, 3.63) is 82.1 Å². The Labute approximate surface area is 211 Å². The summed E-state index contributed by atoms with van der Waals surface area (Å²) < 4.78 is 46.3. The highest BCUT2D eigenvalue weighted by atomic mass is 19.4. The molecule has 0 amide bonds. The molecule has 196 valence electrons. The summed E-state index contributed by atoms with van der Waals surface area (Å²) in [6, 6.07) is 8.53. The third kappa shape index (κ3) is 4.93. The van der Waals surface area contributed by atoms with Crippen LogP contribution in [-0.4, -0.2) is 36.8 Å². The minimum atomic E-state index is -4.61. The van der Waals surface area contributed by atoms with E-state index in [0.717, 1.165) is 41.1 Å². The normalized spacial score (nSPS) is 15.3. The lowest BCUT2D eigenvalue weighted by Crippen LogP contribution is -2.24. The number of halogens is 3. The number of hydrogen-bond donors (Lipinski definition) is 2. The molecule has 0 saturated heterocycles. The number of aromatic nitrogens is 5. The highest BCUT2D eigenvalue weighted by Gasteiger charge is 2.35. The van der Waals surface area contributed by atoms with Gasteiger partial charge in [-0.15, -0.1) is 10.2 Å². The molecule has 3 N–H and O–H groups in total. The predicted molar refractivity (Wildman–Crippen MR) is 134 cm³/mol. The van der Waals surface area contributed by atoms with E-state index < -0.39 is 17.4 Å². The highest BCUT2D eigenvalue weighted by Crippen LogP contribution is 2.43. The van der Waals surface area contributed by atoms with Gasteiger partial charge in [-0.1, -0.05) is 18.6 Å². The Morgan fingerprint density at radius 3 is 2.68 bits per heavy atom. The summed E-state index contributed by atoms with van der Waals surface area (Å²) in [7, 11) is 1.90. The smallest absolute Gasteiger partial charge is 0.330 e. The fourth-order valence-corrected chi connectivity index (χ4v) is 5.06. The number of nitrogens with zero attached hydrogens (tertiary/aromatic N) is 5. The summed E-state index contributed by atoms with van der Waals surface area (Å²) in [5.74, 6) is 1.22. The fourth-order valence-electron chi connectivity index (χ4n) is 5.06. The molecule has 0 spiro atoms. The lowest BCUT2D eigenvalue weighted by molar-refractivity contribution is -0.136. The van der Waals surface area contributed by atoms with Crippen LogP contribution in [-0.2, 0) is 19.8 Å². The van der Waals surface area contributed by atoms with E-state index in [1.165, 1.54) is 17.0 Å². The van der Waals surface area contributed by atoms with Crippen molar-refractivity contribution in [1.82, 2.24) is 29.0 Å². The Bertz CT molecular complexity index is 1450. The molecular formula is C26H30F3N7O. The second-order valence-corrected chi connectivity index (χ2v) is 9.68. The first-order valence-corrected chi connectivity index (χ1v) is 12.5. The van der Waals surface area contributed by atoms with E-state index in [2.05, 4.69) is 15.5 Å². The van der Waals surface area contributed by atoms with Crippen molar-refractivity contribution >= 4 is 5.52 Å². The van der Waals surface area contributed by atoms with E-state index in [4.69, 9.17) is 5.73 Å². The molecule has 0 bridgehead atoms. The molecule has 8 nitrogen and oxygen atoms in total. The molecule has 1 fully saturated rings. The van der Waals surface area contributed by atoms with Gasteiger partial charge in [-0.05, 0) is 67.6 Å². The third-order valence-electron chi connectivity index (χ3n) is 7.17. The molecule has 1 aliphatic carbocycles. The first-order valence-electron chi connectivity index (χ1n) is 12.5. The van der Waals surface area contributed by atoms with Gasteiger partial charge in [0.15, 0.2) is 0 Å². The number of alkyl halides is 3. The predicted octanol–water partition coefficient (Wildman–Crippen LogP) is 3.61. The molecule has 3 heterocycles.